The van der Waals surface area contributed by atoms with Gasteiger partial charge in [0.05, 0.1) is 5.69 Å². The molecule has 1 amide bonds. The molecule has 5 nitrogen and oxygen atoms in total. The summed E-state index contributed by atoms with van der Waals surface area (Å²) < 4.78 is 0.689. The van der Waals surface area contributed by atoms with Gasteiger partial charge in [-0.25, -0.2) is 4.79 Å². The molecule has 20 heavy (non-hydrogen) atoms. The first kappa shape index (κ1) is 14.8. The number of primary amides is 1. The van der Waals surface area contributed by atoms with Crippen LogP contribution in [0, 0.1) is 5.92 Å². The molecule has 0 bridgehead atoms. The van der Waals surface area contributed by atoms with Gasteiger partial charge in [-0.2, -0.15) is 0 Å². The minimum Gasteiger partial charge on any atom is -0.480 e. The van der Waals surface area contributed by atoms with Crippen LogP contribution in [0.15, 0.2) is 22.7 Å². The Morgan fingerprint density at radius 1 is 1.45 bits per heavy atom. The summed E-state index contributed by atoms with van der Waals surface area (Å²) in [7, 11) is 0. The number of anilines is 1. The van der Waals surface area contributed by atoms with E-state index in [0.29, 0.717) is 16.6 Å². The van der Waals surface area contributed by atoms with E-state index in [9.17, 15) is 14.7 Å². The van der Waals surface area contributed by atoms with Gasteiger partial charge in [-0.3, -0.25) is 4.79 Å². The zero-order valence-electron chi connectivity index (χ0n) is 11.2. The summed E-state index contributed by atoms with van der Waals surface area (Å²) in [5, 5.41) is 9.44. The molecule has 1 aromatic carbocycles. The Morgan fingerprint density at radius 3 is 2.70 bits per heavy atom. The van der Waals surface area contributed by atoms with Crippen LogP contribution in [0.2, 0.25) is 0 Å². The molecule has 0 saturated carbocycles. The average molecular weight is 341 g/mol. The Balaban J connectivity index is 2.38. The first-order chi connectivity index (χ1) is 9.41. The number of carbonyl (C=O) groups is 2. The van der Waals surface area contributed by atoms with E-state index in [1.807, 2.05) is 11.8 Å². The summed E-state index contributed by atoms with van der Waals surface area (Å²) in [6.45, 7) is 2.65. The summed E-state index contributed by atoms with van der Waals surface area (Å²) >= 11 is 3.41. The predicted molar refractivity (Wildman–Crippen MR) is 79.8 cm³/mol. The van der Waals surface area contributed by atoms with Crippen LogP contribution < -0.4 is 10.6 Å². The van der Waals surface area contributed by atoms with Crippen LogP contribution >= 0.6 is 15.9 Å². The number of nitrogens with two attached hydrogens (primary N) is 1. The minimum absolute atomic E-state index is 0.0870. The van der Waals surface area contributed by atoms with Gasteiger partial charge in [0.2, 0.25) is 5.91 Å². The van der Waals surface area contributed by atoms with Crippen LogP contribution in [0.4, 0.5) is 5.69 Å². The lowest BCUT2D eigenvalue weighted by Gasteiger charge is -2.39. The third-order valence-corrected chi connectivity index (χ3v) is 4.36. The number of nitrogens with zero attached hydrogens (tertiary/aromatic N) is 1. The van der Waals surface area contributed by atoms with Crippen LogP contribution in [-0.4, -0.2) is 29.6 Å². The van der Waals surface area contributed by atoms with Gasteiger partial charge >= 0.3 is 5.97 Å². The second-order valence-corrected chi connectivity index (χ2v) is 5.98. The zero-order valence-corrected chi connectivity index (χ0v) is 12.8. The molecule has 1 aliphatic rings. The van der Waals surface area contributed by atoms with Crippen LogP contribution in [0.3, 0.4) is 0 Å². The maximum atomic E-state index is 11.5. The van der Waals surface area contributed by atoms with Gasteiger partial charge in [-0.05, 0) is 52.9 Å². The fourth-order valence-corrected chi connectivity index (χ4v) is 3.33. The number of benzene rings is 1. The summed E-state index contributed by atoms with van der Waals surface area (Å²) in [5.41, 5.74) is 6.43. The van der Waals surface area contributed by atoms with Crippen molar-refractivity contribution in [3.8, 4) is 0 Å². The predicted octanol–water partition coefficient (Wildman–Crippen LogP) is 2.24. The minimum atomic E-state index is -0.817. The lowest BCUT2D eigenvalue weighted by Crippen LogP contribution is -2.49. The highest BCUT2D eigenvalue weighted by atomic mass is 79.9. The largest absolute Gasteiger partial charge is 0.480 e. The molecule has 1 aliphatic heterocycles. The van der Waals surface area contributed by atoms with E-state index in [2.05, 4.69) is 15.9 Å². The second-order valence-electron chi connectivity index (χ2n) is 5.13. The van der Waals surface area contributed by atoms with Crippen molar-refractivity contribution in [1.82, 2.24) is 0 Å². The summed E-state index contributed by atoms with van der Waals surface area (Å²) in [6.07, 6.45) is 1.86. The van der Waals surface area contributed by atoms with E-state index >= 15 is 0 Å². The van der Waals surface area contributed by atoms with Gasteiger partial charge in [0, 0.05) is 16.6 Å². The molecule has 0 aromatic heterocycles. The number of halogens is 1. The molecule has 1 saturated heterocycles. The van der Waals surface area contributed by atoms with Gasteiger partial charge in [0.25, 0.3) is 0 Å². The summed E-state index contributed by atoms with van der Waals surface area (Å²) in [4.78, 5) is 24.5. The molecule has 0 spiro atoms. The van der Waals surface area contributed by atoms with Crippen molar-refractivity contribution in [2.24, 2.45) is 11.7 Å². The number of aliphatic carboxylic acids is 1. The number of rotatable bonds is 3. The molecule has 1 heterocycles. The molecule has 108 valence electrons. The third kappa shape index (κ3) is 2.80. The lowest BCUT2D eigenvalue weighted by molar-refractivity contribution is -0.140. The molecule has 3 N–H and O–H groups in total. The number of carboxylic acids is 1. The van der Waals surface area contributed by atoms with E-state index in [4.69, 9.17) is 5.73 Å². The second kappa shape index (κ2) is 5.83. The molecule has 6 heteroatoms. The first-order valence-corrected chi connectivity index (χ1v) is 7.30. The molecule has 1 fully saturated rings. The Morgan fingerprint density at radius 2 is 2.15 bits per heavy atom. The molecule has 2 atom stereocenters. The molecule has 0 aliphatic carbocycles. The Labute approximate surface area is 125 Å². The first-order valence-electron chi connectivity index (χ1n) is 6.50. The number of amides is 1. The van der Waals surface area contributed by atoms with Crippen molar-refractivity contribution < 1.29 is 14.7 Å². The van der Waals surface area contributed by atoms with Crippen molar-refractivity contribution in [3.05, 3.63) is 28.2 Å². The summed E-state index contributed by atoms with van der Waals surface area (Å²) in [5.74, 6) is -1.23. The van der Waals surface area contributed by atoms with Crippen LogP contribution in [-0.2, 0) is 4.79 Å². The quantitative estimate of drug-likeness (QED) is 0.883. The van der Waals surface area contributed by atoms with Crippen LogP contribution in [0.1, 0.15) is 30.1 Å². The number of piperidine rings is 1. The lowest BCUT2D eigenvalue weighted by atomic mass is 9.90. The van der Waals surface area contributed by atoms with E-state index in [1.54, 1.807) is 18.2 Å². The highest BCUT2D eigenvalue weighted by molar-refractivity contribution is 9.10. The fraction of sp³-hybridized carbons (Fsp3) is 0.429. The van der Waals surface area contributed by atoms with Crippen molar-refractivity contribution in [3.63, 3.8) is 0 Å². The Bertz CT molecular complexity index is 547. The molecular formula is C14H17BrN2O3. The number of carbonyl (C=O) groups excluding carboxylic acids is 1. The Kier molecular flexibility index (Phi) is 4.32. The maximum absolute atomic E-state index is 11.5. The zero-order chi connectivity index (χ0) is 14.9. The van der Waals surface area contributed by atoms with Gasteiger partial charge in [0.1, 0.15) is 6.04 Å². The van der Waals surface area contributed by atoms with Gasteiger partial charge in [0.15, 0.2) is 0 Å². The van der Waals surface area contributed by atoms with Crippen LogP contribution in [0.5, 0.6) is 0 Å². The van der Waals surface area contributed by atoms with Crippen molar-refractivity contribution >= 4 is 33.5 Å². The van der Waals surface area contributed by atoms with E-state index in [-0.39, 0.29) is 5.92 Å². The topological polar surface area (TPSA) is 83.6 Å². The van der Waals surface area contributed by atoms with Crippen LogP contribution in [0.25, 0.3) is 0 Å². The SMILES string of the molecule is CC1CCCN(c2ccc(C(N)=O)cc2Br)C1C(=O)O. The van der Waals surface area contributed by atoms with Crippen molar-refractivity contribution in [1.29, 1.82) is 0 Å². The van der Waals surface area contributed by atoms with E-state index in [0.717, 1.165) is 18.5 Å². The van der Waals surface area contributed by atoms with E-state index < -0.39 is 17.9 Å². The molecule has 1 aromatic rings. The molecule has 2 rings (SSSR count). The highest BCUT2D eigenvalue weighted by Gasteiger charge is 2.35. The van der Waals surface area contributed by atoms with Gasteiger partial charge < -0.3 is 15.7 Å². The monoisotopic (exact) mass is 340 g/mol. The number of hydrogen-bond acceptors (Lipinski definition) is 3. The third-order valence-electron chi connectivity index (χ3n) is 3.73. The smallest absolute Gasteiger partial charge is 0.326 e. The normalized spacial score (nSPS) is 22.6. The van der Waals surface area contributed by atoms with Crippen molar-refractivity contribution in [2.45, 2.75) is 25.8 Å². The highest BCUT2D eigenvalue weighted by Crippen LogP contribution is 2.34. The van der Waals surface area contributed by atoms with Gasteiger partial charge in [-0.1, -0.05) is 6.92 Å². The number of carboxylic acid groups (broad SMARTS) is 1. The average Bonchev–Trinajstić information content (AvgIpc) is 2.37. The number of hydrogen-bond donors (Lipinski definition) is 2. The van der Waals surface area contributed by atoms with Crippen molar-refractivity contribution in [2.75, 3.05) is 11.4 Å². The molecule has 2 unspecified atom stereocenters. The maximum Gasteiger partial charge on any atom is 0.326 e. The Hall–Kier alpha value is -1.56. The standard InChI is InChI=1S/C14H17BrN2O3/c1-8-3-2-6-17(12(8)14(19)20)11-5-4-9(13(16)18)7-10(11)15/h4-5,7-8,12H,2-3,6H2,1H3,(H2,16,18)(H,19,20). The van der Waals surface area contributed by atoms with Gasteiger partial charge in [-0.15, -0.1) is 0 Å². The molecular weight excluding hydrogens is 324 g/mol. The molecule has 0 radical (unpaired) electrons. The fourth-order valence-electron chi connectivity index (χ4n) is 2.73. The van der Waals surface area contributed by atoms with E-state index in [1.165, 1.54) is 0 Å². The summed E-state index contributed by atoms with van der Waals surface area (Å²) in [6, 6.07) is 4.47.